The smallest absolute Gasteiger partial charge is 0.257 e. The van der Waals surface area contributed by atoms with Crippen LogP contribution in [-0.2, 0) is 16.0 Å². The Kier molecular flexibility index (Phi) is 9.38. The molecule has 1 heterocycles. The minimum absolute atomic E-state index is 0.0714. The van der Waals surface area contributed by atoms with Crippen molar-refractivity contribution in [2.45, 2.75) is 24.5 Å². The zero-order chi connectivity index (χ0) is 31.1. The largest absolute Gasteiger partial charge is 0.494 e. The highest BCUT2D eigenvalue weighted by Crippen LogP contribution is 2.43. The van der Waals surface area contributed by atoms with Crippen LogP contribution in [0, 0.1) is 0 Å². The van der Waals surface area contributed by atoms with Gasteiger partial charge in [0.15, 0.2) is 11.6 Å². The minimum atomic E-state index is -1.32. The first kappa shape index (κ1) is 30.3. The first-order valence-corrected chi connectivity index (χ1v) is 15.7. The second-order valence-corrected chi connectivity index (χ2v) is 11.8. The lowest BCUT2D eigenvalue weighted by atomic mass is 9.81. The molecular formula is C38H33BrN2O4. The van der Waals surface area contributed by atoms with Crippen LogP contribution in [0.25, 0.3) is 11.1 Å². The number of hydrogen-bond donors (Lipinski definition) is 2. The number of amides is 1. The van der Waals surface area contributed by atoms with E-state index >= 15 is 0 Å². The van der Waals surface area contributed by atoms with Crippen LogP contribution >= 0.6 is 15.9 Å². The molecule has 45 heavy (non-hydrogen) atoms. The molecule has 1 amide bonds. The van der Waals surface area contributed by atoms with Crippen molar-refractivity contribution >= 4 is 33.4 Å². The van der Waals surface area contributed by atoms with Crippen molar-refractivity contribution in [1.29, 1.82) is 0 Å². The maximum absolute atomic E-state index is 14.5. The van der Waals surface area contributed by atoms with Crippen molar-refractivity contribution in [3.63, 3.8) is 0 Å². The Morgan fingerprint density at radius 2 is 1.42 bits per heavy atom. The molecule has 0 radical (unpaired) electrons. The predicted molar refractivity (Wildman–Crippen MR) is 182 cm³/mol. The Bertz CT molecular complexity index is 1740. The molecule has 0 fully saturated rings. The standard InChI is InChI=1S/C38H33BrN2O4/c39-32-20-12-27(13-21-32)26-38(37(43)40-33-10-5-2-6-11-33)35(30-16-14-29(15-17-30)28-8-3-1-4-9-28)45-36(41-38)31-18-22-34(23-19-31)44-25-7-24-42/h1-6,8-23,35,42H,7,24-26H2,(H,40,43)/t35-,38-/m1/s1. The predicted octanol–water partition coefficient (Wildman–Crippen LogP) is 8.02. The summed E-state index contributed by atoms with van der Waals surface area (Å²) in [6, 6.07) is 43.2. The summed E-state index contributed by atoms with van der Waals surface area (Å²) in [7, 11) is 0. The molecular weight excluding hydrogens is 628 g/mol. The van der Waals surface area contributed by atoms with E-state index in [1.165, 1.54) is 0 Å². The Morgan fingerprint density at radius 1 is 0.800 bits per heavy atom. The van der Waals surface area contributed by atoms with Crippen LogP contribution in [0.4, 0.5) is 5.69 Å². The molecule has 5 aromatic carbocycles. The van der Waals surface area contributed by atoms with Gasteiger partial charge in [-0.1, -0.05) is 101 Å². The van der Waals surface area contributed by atoms with Gasteiger partial charge in [-0.25, -0.2) is 4.99 Å². The number of para-hydroxylation sites is 1. The Labute approximate surface area is 271 Å². The summed E-state index contributed by atoms with van der Waals surface area (Å²) in [6.45, 7) is 0.492. The maximum atomic E-state index is 14.5. The molecule has 0 saturated heterocycles. The third kappa shape index (κ3) is 7.00. The van der Waals surface area contributed by atoms with Gasteiger partial charge in [-0.05, 0) is 70.8 Å². The van der Waals surface area contributed by atoms with Gasteiger partial charge in [-0.2, -0.15) is 0 Å². The summed E-state index contributed by atoms with van der Waals surface area (Å²) in [5.41, 5.74) is 4.08. The van der Waals surface area contributed by atoms with E-state index in [0.29, 0.717) is 36.8 Å². The molecule has 0 bridgehead atoms. The summed E-state index contributed by atoms with van der Waals surface area (Å²) in [5.74, 6) is 0.809. The van der Waals surface area contributed by atoms with Crippen molar-refractivity contribution in [2.75, 3.05) is 18.5 Å². The maximum Gasteiger partial charge on any atom is 0.257 e. The van der Waals surface area contributed by atoms with Crippen molar-refractivity contribution in [3.8, 4) is 16.9 Å². The van der Waals surface area contributed by atoms with Gasteiger partial charge in [0.2, 0.25) is 5.90 Å². The molecule has 5 aromatic rings. The monoisotopic (exact) mass is 660 g/mol. The lowest BCUT2D eigenvalue weighted by Crippen LogP contribution is -2.46. The molecule has 1 aliphatic rings. The van der Waals surface area contributed by atoms with E-state index in [2.05, 4.69) is 45.5 Å². The average Bonchev–Trinajstić information content (AvgIpc) is 3.47. The summed E-state index contributed by atoms with van der Waals surface area (Å²) < 4.78 is 13.4. The number of carbonyl (C=O) groups excluding carboxylic acids is 1. The number of aliphatic hydroxyl groups is 1. The topological polar surface area (TPSA) is 80.2 Å². The highest BCUT2D eigenvalue weighted by Gasteiger charge is 2.53. The van der Waals surface area contributed by atoms with Crippen molar-refractivity contribution in [3.05, 3.63) is 155 Å². The van der Waals surface area contributed by atoms with Crippen LogP contribution in [-0.4, -0.2) is 35.7 Å². The summed E-state index contributed by atoms with van der Waals surface area (Å²) in [4.78, 5) is 19.7. The van der Waals surface area contributed by atoms with E-state index in [-0.39, 0.29) is 12.5 Å². The van der Waals surface area contributed by atoms with Gasteiger partial charge in [0.25, 0.3) is 5.91 Å². The van der Waals surface area contributed by atoms with Crippen LogP contribution in [0.3, 0.4) is 0 Å². The highest BCUT2D eigenvalue weighted by molar-refractivity contribution is 9.10. The van der Waals surface area contributed by atoms with Gasteiger partial charge in [-0.3, -0.25) is 4.79 Å². The van der Waals surface area contributed by atoms with Gasteiger partial charge in [0.05, 0.1) is 6.61 Å². The molecule has 0 aliphatic carbocycles. The number of halogens is 1. The third-order valence-electron chi connectivity index (χ3n) is 7.77. The SMILES string of the molecule is O=C(Nc1ccccc1)[C@]1(Cc2ccc(Br)cc2)N=C(c2ccc(OCCCO)cc2)O[C@@H]1c1ccc(-c2ccccc2)cc1. The van der Waals surface area contributed by atoms with Gasteiger partial charge in [-0.15, -0.1) is 0 Å². The van der Waals surface area contributed by atoms with Crippen molar-refractivity contribution in [1.82, 2.24) is 0 Å². The van der Waals surface area contributed by atoms with E-state index in [1.54, 1.807) is 0 Å². The van der Waals surface area contributed by atoms with Crippen molar-refractivity contribution < 1.29 is 19.4 Å². The average molecular weight is 662 g/mol. The molecule has 226 valence electrons. The number of carbonyl (C=O) groups is 1. The van der Waals surface area contributed by atoms with E-state index in [0.717, 1.165) is 32.3 Å². The van der Waals surface area contributed by atoms with E-state index < -0.39 is 11.6 Å². The van der Waals surface area contributed by atoms with Gasteiger partial charge in [0, 0.05) is 35.2 Å². The molecule has 0 spiro atoms. The van der Waals surface area contributed by atoms with Crippen LogP contribution in [0.2, 0.25) is 0 Å². The third-order valence-corrected chi connectivity index (χ3v) is 8.30. The minimum Gasteiger partial charge on any atom is -0.494 e. The molecule has 1 aliphatic heterocycles. The summed E-state index contributed by atoms with van der Waals surface area (Å²) in [5, 5.41) is 12.2. The molecule has 2 atom stereocenters. The Hall–Kier alpha value is -4.72. The fourth-order valence-electron chi connectivity index (χ4n) is 5.44. The van der Waals surface area contributed by atoms with Crippen LogP contribution in [0.15, 0.2) is 143 Å². The summed E-state index contributed by atoms with van der Waals surface area (Å²) in [6.07, 6.45) is 0.165. The van der Waals surface area contributed by atoms with Gasteiger partial charge in [0.1, 0.15) is 5.75 Å². The number of ether oxygens (including phenoxy) is 2. The van der Waals surface area contributed by atoms with Crippen molar-refractivity contribution in [2.24, 2.45) is 4.99 Å². The first-order valence-electron chi connectivity index (χ1n) is 14.9. The lowest BCUT2D eigenvalue weighted by Gasteiger charge is -2.31. The number of aliphatic hydroxyl groups excluding tert-OH is 1. The molecule has 0 unspecified atom stereocenters. The molecule has 2 N–H and O–H groups in total. The van der Waals surface area contributed by atoms with E-state index in [1.807, 2.05) is 109 Å². The molecule has 6 nitrogen and oxygen atoms in total. The fraction of sp³-hybridized carbons (Fsp3) is 0.158. The number of hydrogen-bond acceptors (Lipinski definition) is 5. The van der Waals surface area contributed by atoms with Crippen LogP contribution in [0.1, 0.15) is 29.2 Å². The second-order valence-electron chi connectivity index (χ2n) is 10.9. The number of aliphatic imine (C=N–C) groups is 1. The number of anilines is 1. The summed E-state index contributed by atoms with van der Waals surface area (Å²) >= 11 is 3.53. The number of nitrogens with one attached hydrogen (secondary N) is 1. The number of nitrogens with zero attached hydrogens (tertiary/aromatic N) is 1. The van der Waals surface area contributed by atoms with Crippen LogP contribution in [0.5, 0.6) is 5.75 Å². The first-order chi connectivity index (χ1) is 22.0. The molecule has 7 heteroatoms. The normalized spacial score (nSPS) is 17.3. The molecule has 6 rings (SSSR count). The molecule has 0 saturated carbocycles. The zero-order valence-electron chi connectivity index (χ0n) is 24.6. The quantitative estimate of drug-likeness (QED) is 0.141. The van der Waals surface area contributed by atoms with Gasteiger partial charge >= 0.3 is 0 Å². The Morgan fingerprint density at radius 3 is 2.09 bits per heavy atom. The lowest BCUT2D eigenvalue weighted by molar-refractivity contribution is -0.123. The highest BCUT2D eigenvalue weighted by atomic mass is 79.9. The van der Waals surface area contributed by atoms with E-state index in [4.69, 9.17) is 19.6 Å². The number of rotatable bonds is 11. The van der Waals surface area contributed by atoms with Crippen LogP contribution < -0.4 is 10.1 Å². The zero-order valence-corrected chi connectivity index (χ0v) is 26.2. The second kappa shape index (κ2) is 13.9. The molecule has 0 aromatic heterocycles. The fourth-order valence-corrected chi connectivity index (χ4v) is 5.70. The van der Waals surface area contributed by atoms with E-state index in [9.17, 15) is 4.79 Å². The Balaban J connectivity index is 1.42. The van der Waals surface area contributed by atoms with Gasteiger partial charge < -0.3 is 19.9 Å². The number of benzene rings is 5.